The predicted molar refractivity (Wildman–Crippen MR) is 104 cm³/mol. The van der Waals surface area contributed by atoms with Gasteiger partial charge in [0.25, 0.3) is 5.91 Å². The highest BCUT2D eigenvalue weighted by Gasteiger charge is 2.24. The van der Waals surface area contributed by atoms with E-state index in [0.717, 1.165) is 41.4 Å². The molecule has 0 aliphatic carbocycles. The number of carbonyl (C=O) groups excluding carboxylic acids is 1. The van der Waals surface area contributed by atoms with Gasteiger partial charge in [0.05, 0.1) is 0 Å². The minimum absolute atomic E-state index is 0.0288. The first-order chi connectivity index (χ1) is 12.2. The molecule has 0 radical (unpaired) electrons. The topological polar surface area (TPSA) is 48.1 Å². The first kappa shape index (κ1) is 16.4. The van der Waals surface area contributed by atoms with Crippen LogP contribution in [0, 0.1) is 0 Å². The lowest BCUT2D eigenvalue weighted by atomic mass is 10.2. The fourth-order valence-corrected chi connectivity index (χ4v) is 3.80. The van der Waals surface area contributed by atoms with Crippen LogP contribution in [0.25, 0.3) is 10.9 Å². The van der Waals surface area contributed by atoms with E-state index in [4.69, 9.17) is 0 Å². The zero-order chi connectivity index (χ0) is 17.2. The van der Waals surface area contributed by atoms with Gasteiger partial charge in [-0.3, -0.25) is 9.69 Å². The van der Waals surface area contributed by atoms with E-state index in [1.165, 1.54) is 5.56 Å². The SMILES string of the molecule is O=C(N[C@H]1CCN(Cc2ccccc2)C1)c1cc2cc(Br)ccc2[nH]1. The molecule has 1 atom stereocenters. The normalized spacial score (nSPS) is 17.9. The lowest BCUT2D eigenvalue weighted by Gasteiger charge is -2.16. The van der Waals surface area contributed by atoms with E-state index >= 15 is 0 Å². The maximum atomic E-state index is 12.5. The maximum Gasteiger partial charge on any atom is 0.267 e. The molecule has 1 amide bonds. The van der Waals surface area contributed by atoms with Crippen molar-refractivity contribution in [2.75, 3.05) is 13.1 Å². The van der Waals surface area contributed by atoms with Gasteiger partial charge in [0, 0.05) is 41.1 Å². The summed E-state index contributed by atoms with van der Waals surface area (Å²) in [5, 5.41) is 4.20. The van der Waals surface area contributed by atoms with Crippen LogP contribution < -0.4 is 5.32 Å². The fraction of sp³-hybridized carbons (Fsp3) is 0.250. The third-order valence-corrected chi connectivity index (χ3v) is 5.18. The Kier molecular flexibility index (Phi) is 4.59. The number of hydrogen-bond donors (Lipinski definition) is 2. The zero-order valence-corrected chi connectivity index (χ0v) is 15.4. The summed E-state index contributed by atoms with van der Waals surface area (Å²) in [6, 6.07) is 18.5. The third kappa shape index (κ3) is 3.78. The van der Waals surface area contributed by atoms with Crippen molar-refractivity contribution in [3.8, 4) is 0 Å². The molecule has 1 saturated heterocycles. The summed E-state index contributed by atoms with van der Waals surface area (Å²) < 4.78 is 1.01. The van der Waals surface area contributed by atoms with Gasteiger partial charge in [0.1, 0.15) is 5.69 Å². The second-order valence-electron chi connectivity index (χ2n) is 6.59. The van der Waals surface area contributed by atoms with Crippen LogP contribution in [0.5, 0.6) is 0 Å². The Morgan fingerprint density at radius 2 is 2.04 bits per heavy atom. The Morgan fingerprint density at radius 1 is 1.20 bits per heavy atom. The second kappa shape index (κ2) is 7.02. The summed E-state index contributed by atoms with van der Waals surface area (Å²) in [7, 11) is 0. The summed E-state index contributed by atoms with van der Waals surface area (Å²) in [6.45, 7) is 2.85. The van der Waals surface area contributed by atoms with E-state index in [1.54, 1.807) is 0 Å². The molecule has 1 aliphatic heterocycles. The highest BCUT2D eigenvalue weighted by molar-refractivity contribution is 9.10. The highest BCUT2D eigenvalue weighted by Crippen LogP contribution is 2.21. The smallest absolute Gasteiger partial charge is 0.267 e. The molecule has 4 nitrogen and oxygen atoms in total. The number of likely N-dealkylation sites (tertiary alicyclic amines) is 1. The molecule has 0 unspecified atom stereocenters. The van der Waals surface area contributed by atoms with Gasteiger partial charge in [-0.1, -0.05) is 46.3 Å². The van der Waals surface area contributed by atoms with Crippen LogP contribution in [0.4, 0.5) is 0 Å². The average molecular weight is 398 g/mol. The van der Waals surface area contributed by atoms with Crippen LogP contribution in [0.15, 0.2) is 59.1 Å². The van der Waals surface area contributed by atoms with Crippen LogP contribution in [0.3, 0.4) is 0 Å². The number of carbonyl (C=O) groups is 1. The molecular formula is C20H20BrN3O. The van der Waals surface area contributed by atoms with E-state index in [-0.39, 0.29) is 11.9 Å². The average Bonchev–Trinajstić information content (AvgIpc) is 3.22. The number of nitrogens with zero attached hydrogens (tertiary/aromatic N) is 1. The molecule has 25 heavy (non-hydrogen) atoms. The van der Waals surface area contributed by atoms with E-state index < -0.39 is 0 Å². The van der Waals surface area contributed by atoms with Gasteiger partial charge in [0.15, 0.2) is 0 Å². The van der Waals surface area contributed by atoms with Gasteiger partial charge < -0.3 is 10.3 Å². The van der Waals surface area contributed by atoms with Crippen molar-refractivity contribution in [1.82, 2.24) is 15.2 Å². The van der Waals surface area contributed by atoms with Crippen molar-refractivity contribution >= 4 is 32.7 Å². The van der Waals surface area contributed by atoms with Crippen molar-refractivity contribution < 1.29 is 4.79 Å². The van der Waals surface area contributed by atoms with Gasteiger partial charge in [-0.05, 0) is 36.2 Å². The van der Waals surface area contributed by atoms with Gasteiger partial charge in [-0.25, -0.2) is 0 Å². The van der Waals surface area contributed by atoms with Gasteiger partial charge in [-0.2, -0.15) is 0 Å². The molecule has 0 spiro atoms. The predicted octanol–water partition coefficient (Wildman–Crippen LogP) is 3.93. The number of aromatic nitrogens is 1. The van der Waals surface area contributed by atoms with Gasteiger partial charge in [0.2, 0.25) is 0 Å². The summed E-state index contributed by atoms with van der Waals surface area (Å²) >= 11 is 3.46. The lowest BCUT2D eigenvalue weighted by Crippen LogP contribution is -2.37. The van der Waals surface area contributed by atoms with E-state index in [0.29, 0.717) is 5.69 Å². The molecule has 0 bridgehead atoms. The molecule has 1 aromatic heterocycles. The number of fused-ring (bicyclic) bond motifs is 1. The highest BCUT2D eigenvalue weighted by atomic mass is 79.9. The number of halogens is 1. The standard InChI is InChI=1S/C20H20BrN3O/c21-16-6-7-18-15(10-16)11-19(23-18)20(25)22-17-8-9-24(13-17)12-14-4-2-1-3-5-14/h1-7,10-11,17,23H,8-9,12-13H2,(H,22,25)/t17-/m0/s1. The minimum atomic E-state index is -0.0288. The monoisotopic (exact) mass is 397 g/mol. The number of H-pyrrole nitrogens is 1. The van der Waals surface area contributed by atoms with Gasteiger partial charge in [-0.15, -0.1) is 0 Å². The summed E-state index contributed by atoms with van der Waals surface area (Å²) in [6.07, 6.45) is 0.990. The van der Waals surface area contributed by atoms with Crippen molar-refractivity contribution in [1.29, 1.82) is 0 Å². The van der Waals surface area contributed by atoms with Crippen molar-refractivity contribution in [3.05, 3.63) is 70.3 Å². The Morgan fingerprint density at radius 3 is 2.88 bits per heavy atom. The molecule has 1 aliphatic rings. The molecule has 2 heterocycles. The van der Waals surface area contributed by atoms with Crippen LogP contribution in [0.2, 0.25) is 0 Å². The molecule has 5 heteroatoms. The molecule has 2 N–H and O–H groups in total. The van der Waals surface area contributed by atoms with E-state index in [9.17, 15) is 4.79 Å². The first-order valence-corrected chi connectivity index (χ1v) is 9.32. The first-order valence-electron chi connectivity index (χ1n) is 8.53. The molecule has 1 fully saturated rings. The number of hydrogen-bond acceptors (Lipinski definition) is 2. The van der Waals surface area contributed by atoms with Crippen LogP contribution in [0.1, 0.15) is 22.5 Å². The molecule has 3 aromatic rings. The van der Waals surface area contributed by atoms with E-state index in [2.05, 4.69) is 55.4 Å². The van der Waals surface area contributed by atoms with Crippen molar-refractivity contribution in [2.45, 2.75) is 19.0 Å². The third-order valence-electron chi connectivity index (χ3n) is 4.68. The zero-order valence-electron chi connectivity index (χ0n) is 13.8. The number of nitrogens with one attached hydrogen (secondary N) is 2. The Labute approximate surface area is 155 Å². The molecule has 4 rings (SSSR count). The molecular weight excluding hydrogens is 378 g/mol. The van der Waals surface area contributed by atoms with Crippen LogP contribution >= 0.6 is 15.9 Å². The summed E-state index contributed by atoms with van der Waals surface area (Å²) in [5.74, 6) is -0.0288. The minimum Gasteiger partial charge on any atom is -0.351 e. The number of amides is 1. The number of benzene rings is 2. The Balaban J connectivity index is 1.37. The van der Waals surface area contributed by atoms with Crippen molar-refractivity contribution in [2.24, 2.45) is 0 Å². The molecule has 0 saturated carbocycles. The van der Waals surface area contributed by atoms with E-state index in [1.807, 2.05) is 30.3 Å². The lowest BCUT2D eigenvalue weighted by molar-refractivity contribution is 0.0933. The Hall–Kier alpha value is -2.11. The summed E-state index contributed by atoms with van der Waals surface area (Å²) in [5.41, 5.74) is 2.91. The molecule has 2 aromatic carbocycles. The molecule has 128 valence electrons. The second-order valence-corrected chi connectivity index (χ2v) is 7.51. The Bertz CT molecular complexity index is 890. The van der Waals surface area contributed by atoms with Crippen LogP contribution in [-0.4, -0.2) is 34.9 Å². The number of rotatable bonds is 4. The summed E-state index contributed by atoms with van der Waals surface area (Å²) in [4.78, 5) is 18.1. The fourth-order valence-electron chi connectivity index (χ4n) is 3.42. The number of aromatic amines is 1. The largest absolute Gasteiger partial charge is 0.351 e. The van der Waals surface area contributed by atoms with Crippen molar-refractivity contribution in [3.63, 3.8) is 0 Å². The maximum absolute atomic E-state index is 12.5. The quantitative estimate of drug-likeness (QED) is 0.700. The van der Waals surface area contributed by atoms with Gasteiger partial charge >= 0.3 is 0 Å². The van der Waals surface area contributed by atoms with Crippen LogP contribution in [-0.2, 0) is 6.54 Å².